The van der Waals surface area contributed by atoms with Crippen LogP contribution in [-0.2, 0) is 4.79 Å². The lowest BCUT2D eigenvalue weighted by molar-refractivity contribution is -0.123. The summed E-state index contributed by atoms with van der Waals surface area (Å²) >= 11 is 0. The van der Waals surface area contributed by atoms with E-state index in [1.54, 1.807) is 0 Å². The molecule has 2 aliphatic heterocycles. The van der Waals surface area contributed by atoms with Gasteiger partial charge in [-0.2, -0.15) is 0 Å². The molecular weight excluding hydrogens is 166 g/mol. The molecule has 2 heterocycles. The van der Waals surface area contributed by atoms with Crippen LogP contribution in [-0.4, -0.2) is 43.0 Å². The number of piperidine rings is 1. The molecule has 0 aliphatic carbocycles. The van der Waals surface area contributed by atoms with Crippen molar-refractivity contribution in [3.63, 3.8) is 0 Å². The Bertz CT molecular complexity index is 195. The maximum atomic E-state index is 10.9. The normalized spacial score (nSPS) is 27.1. The van der Waals surface area contributed by atoms with Gasteiger partial charge in [0.1, 0.15) is 0 Å². The van der Waals surface area contributed by atoms with Crippen LogP contribution in [0.2, 0.25) is 0 Å². The fourth-order valence-corrected chi connectivity index (χ4v) is 2.08. The lowest BCUT2D eigenvalue weighted by atomic mass is 9.94. The minimum absolute atomic E-state index is 0.119. The highest BCUT2D eigenvalue weighted by atomic mass is 16.1. The molecule has 4 heteroatoms. The molecule has 1 amide bonds. The van der Waals surface area contributed by atoms with Crippen molar-refractivity contribution in [2.24, 2.45) is 11.7 Å². The third kappa shape index (κ3) is 1.84. The van der Waals surface area contributed by atoms with Gasteiger partial charge in [-0.25, -0.2) is 0 Å². The first-order chi connectivity index (χ1) is 6.27. The molecule has 0 unspecified atom stereocenters. The summed E-state index contributed by atoms with van der Waals surface area (Å²) in [6.07, 6.45) is 1.90. The van der Waals surface area contributed by atoms with Gasteiger partial charge in [0.15, 0.2) is 0 Å². The Labute approximate surface area is 78.5 Å². The van der Waals surface area contributed by atoms with Gasteiger partial charge in [-0.3, -0.25) is 9.69 Å². The Kier molecular flexibility index (Phi) is 2.51. The lowest BCUT2D eigenvalue weighted by Gasteiger charge is -2.41. The van der Waals surface area contributed by atoms with Gasteiger partial charge in [-0.1, -0.05) is 0 Å². The van der Waals surface area contributed by atoms with Gasteiger partial charge in [0.2, 0.25) is 5.91 Å². The second-order valence-corrected chi connectivity index (χ2v) is 4.02. The highest BCUT2D eigenvalue weighted by molar-refractivity contribution is 5.76. The van der Waals surface area contributed by atoms with E-state index >= 15 is 0 Å². The average Bonchev–Trinajstić information content (AvgIpc) is 2.02. The zero-order valence-corrected chi connectivity index (χ0v) is 7.83. The maximum absolute atomic E-state index is 10.9. The molecule has 0 aromatic carbocycles. The van der Waals surface area contributed by atoms with Crippen molar-refractivity contribution in [3.05, 3.63) is 0 Å². The Morgan fingerprint density at radius 3 is 2.31 bits per heavy atom. The second-order valence-electron chi connectivity index (χ2n) is 4.02. The average molecular weight is 183 g/mol. The molecule has 2 saturated heterocycles. The summed E-state index contributed by atoms with van der Waals surface area (Å²) in [4.78, 5) is 13.4. The molecule has 0 atom stereocenters. The van der Waals surface area contributed by atoms with Crippen molar-refractivity contribution in [2.45, 2.75) is 18.9 Å². The molecule has 3 N–H and O–H groups in total. The third-order valence-corrected chi connectivity index (χ3v) is 3.21. The fourth-order valence-electron chi connectivity index (χ4n) is 2.08. The summed E-state index contributed by atoms with van der Waals surface area (Å²) < 4.78 is 0. The summed E-state index contributed by atoms with van der Waals surface area (Å²) in [5, 5.41) is 3.26. The van der Waals surface area contributed by atoms with Crippen LogP contribution in [0.1, 0.15) is 12.8 Å². The van der Waals surface area contributed by atoms with Gasteiger partial charge >= 0.3 is 0 Å². The summed E-state index contributed by atoms with van der Waals surface area (Å²) in [7, 11) is 0. The Hall–Kier alpha value is -0.610. The molecule has 2 rings (SSSR count). The highest BCUT2D eigenvalue weighted by Gasteiger charge is 2.29. The van der Waals surface area contributed by atoms with Crippen LogP contribution in [0.25, 0.3) is 0 Å². The van der Waals surface area contributed by atoms with Crippen LogP contribution in [0, 0.1) is 5.92 Å². The molecule has 0 spiro atoms. The van der Waals surface area contributed by atoms with Crippen LogP contribution in [0.15, 0.2) is 0 Å². The van der Waals surface area contributed by atoms with Crippen LogP contribution >= 0.6 is 0 Å². The van der Waals surface area contributed by atoms with Crippen LogP contribution < -0.4 is 11.1 Å². The largest absolute Gasteiger partial charge is 0.369 e. The molecule has 0 radical (unpaired) electrons. The topological polar surface area (TPSA) is 58.4 Å². The first-order valence-electron chi connectivity index (χ1n) is 5.01. The first kappa shape index (κ1) is 8.97. The minimum Gasteiger partial charge on any atom is -0.369 e. The minimum atomic E-state index is -0.119. The van der Waals surface area contributed by atoms with E-state index in [4.69, 9.17) is 5.73 Å². The van der Waals surface area contributed by atoms with Gasteiger partial charge < -0.3 is 11.1 Å². The Morgan fingerprint density at radius 2 is 1.92 bits per heavy atom. The number of carbonyl (C=O) groups excluding carboxylic acids is 1. The second kappa shape index (κ2) is 3.64. The number of primary amides is 1. The zero-order valence-electron chi connectivity index (χ0n) is 7.83. The number of rotatable bonds is 2. The molecule has 2 fully saturated rings. The van der Waals surface area contributed by atoms with Gasteiger partial charge in [-0.05, 0) is 25.9 Å². The smallest absolute Gasteiger partial charge is 0.220 e. The van der Waals surface area contributed by atoms with E-state index in [9.17, 15) is 4.79 Å². The van der Waals surface area contributed by atoms with Crippen molar-refractivity contribution in [3.8, 4) is 0 Å². The third-order valence-electron chi connectivity index (χ3n) is 3.21. The molecule has 2 aliphatic rings. The van der Waals surface area contributed by atoms with Crippen LogP contribution in [0.4, 0.5) is 0 Å². The predicted molar refractivity (Wildman–Crippen MR) is 50.1 cm³/mol. The number of nitrogens with one attached hydrogen (secondary N) is 1. The van der Waals surface area contributed by atoms with E-state index in [0.717, 1.165) is 39.0 Å². The summed E-state index contributed by atoms with van der Waals surface area (Å²) in [6.45, 7) is 4.31. The number of hydrogen-bond donors (Lipinski definition) is 2. The Balaban J connectivity index is 1.78. The standard InChI is InChI=1S/C9H17N3O/c10-9(13)7-1-3-12(4-2-7)8-5-11-6-8/h7-8,11H,1-6H2,(H2,10,13). The van der Waals surface area contributed by atoms with Crippen LogP contribution in [0.3, 0.4) is 0 Å². The molecule has 0 aromatic heterocycles. The van der Waals surface area contributed by atoms with Crippen molar-refractivity contribution in [1.82, 2.24) is 10.2 Å². The lowest BCUT2D eigenvalue weighted by Crippen LogP contribution is -2.59. The molecular formula is C9H17N3O. The number of amides is 1. The SMILES string of the molecule is NC(=O)C1CCN(C2CNC2)CC1. The monoisotopic (exact) mass is 183 g/mol. The van der Waals surface area contributed by atoms with E-state index in [1.165, 1.54) is 0 Å². The molecule has 0 bridgehead atoms. The van der Waals surface area contributed by atoms with Gasteiger partial charge in [0.25, 0.3) is 0 Å². The van der Waals surface area contributed by atoms with E-state index in [1.807, 2.05) is 0 Å². The zero-order chi connectivity index (χ0) is 9.26. The van der Waals surface area contributed by atoms with Crippen LogP contribution in [0.5, 0.6) is 0 Å². The first-order valence-corrected chi connectivity index (χ1v) is 5.01. The van der Waals surface area contributed by atoms with Crippen molar-refractivity contribution in [2.75, 3.05) is 26.2 Å². The number of likely N-dealkylation sites (tertiary alicyclic amines) is 1. The van der Waals surface area contributed by atoms with Gasteiger partial charge in [-0.15, -0.1) is 0 Å². The van der Waals surface area contributed by atoms with E-state index in [2.05, 4.69) is 10.2 Å². The summed E-state index contributed by atoms with van der Waals surface area (Å²) in [5.74, 6) is 0.00988. The molecule has 0 aromatic rings. The van der Waals surface area contributed by atoms with E-state index in [0.29, 0.717) is 6.04 Å². The molecule has 74 valence electrons. The molecule has 0 saturated carbocycles. The number of nitrogens with zero attached hydrogens (tertiary/aromatic N) is 1. The van der Waals surface area contributed by atoms with Crippen molar-refractivity contribution < 1.29 is 4.79 Å². The van der Waals surface area contributed by atoms with Crippen molar-refractivity contribution in [1.29, 1.82) is 0 Å². The van der Waals surface area contributed by atoms with E-state index < -0.39 is 0 Å². The van der Waals surface area contributed by atoms with Gasteiger partial charge in [0.05, 0.1) is 0 Å². The highest BCUT2D eigenvalue weighted by Crippen LogP contribution is 2.19. The molecule has 4 nitrogen and oxygen atoms in total. The molecule has 13 heavy (non-hydrogen) atoms. The number of carbonyl (C=O) groups is 1. The maximum Gasteiger partial charge on any atom is 0.220 e. The predicted octanol–water partition coefficient (Wildman–Crippen LogP) is -0.844. The number of hydrogen-bond acceptors (Lipinski definition) is 3. The number of nitrogens with two attached hydrogens (primary N) is 1. The van der Waals surface area contributed by atoms with E-state index in [-0.39, 0.29) is 11.8 Å². The van der Waals surface area contributed by atoms with Crippen molar-refractivity contribution >= 4 is 5.91 Å². The quantitative estimate of drug-likeness (QED) is 0.586. The Morgan fingerprint density at radius 1 is 1.31 bits per heavy atom. The summed E-state index contributed by atoms with van der Waals surface area (Å²) in [5.41, 5.74) is 5.27. The fraction of sp³-hybridized carbons (Fsp3) is 0.889. The summed E-state index contributed by atoms with van der Waals surface area (Å²) in [6, 6.07) is 0.717. The van der Waals surface area contributed by atoms with Gasteiger partial charge in [0, 0.05) is 25.0 Å².